The predicted octanol–water partition coefficient (Wildman–Crippen LogP) is 3.32. The number of thioether (sulfide) groups is 1. The number of alkyl halides is 3. The number of hydrogen-bond acceptors (Lipinski definition) is 3. The summed E-state index contributed by atoms with van der Waals surface area (Å²) < 4.78 is 36.8. The first-order chi connectivity index (χ1) is 9.81. The van der Waals surface area contributed by atoms with Crippen LogP contribution in [0.5, 0.6) is 0 Å². The van der Waals surface area contributed by atoms with Gasteiger partial charge in [0.1, 0.15) is 11.9 Å². The fraction of sp³-hybridized carbons (Fsp3) is 0.231. The quantitative estimate of drug-likeness (QED) is 0.685. The predicted molar refractivity (Wildman–Crippen MR) is 75.0 cm³/mol. The smallest absolute Gasteiger partial charge is 0.385 e. The topological polar surface area (TPSA) is 58.7 Å². The summed E-state index contributed by atoms with van der Waals surface area (Å²) in [5, 5.41) is 0. The summed E-state index contributed by atoms with van der Waals surface area (Å²) >= 11 is -0.194. The fourth-order valence-corrected chi connectivity index (χ4v) is 2.57. The lowest BCUT2D eigenvalue weighted by Crippen LogP contribution is -2.33. The molecule has 0 radical (unpaired) electrons. The number of aliphatic imine (C=N–C) groups is 1. The number of carbonyl (C=O) groups excluding carboxylic acids is 1. The van der Waals surface area contributed by atoms with Gasteiger partial charge in [0.15, 0.2) is 0 Å². The van der Waals surface area contributed by atoms with Crippen molar-refractivity contribution in [2.75, 3.05) is 6.54 Å². The van der Waals surface area contributed by atoms with E-state index < -0.39 is 17.6 Å². The number of benzene rings is 1. The summed E-state index contributed by atoms with van der Waals surface area (Å²) in [6.07, 6.45) is 1.53. The fourth-order valence-electron chi connectivity index (χ4n) is 2.03. The van der Waals surface area contributed by atoms with Gasteiger partial charge in [0.2, 0.25) is 0 Å². The molecule has 2 rings (SSSR count). The van der Waals surface area contributed by atoms with Crippen LogP contribution in [0.2, 0.25) is 0 Å². The Hall–Kier alpha value is -1.96. The van der Waals surface area contributed by atoms with Gasteiger partial charge in [0.05, 0.1) is 0 Å². The molecule has 1 unspecified atom stereocenters. The third kappa shape index (κ3) is 3.57. The molecule has 2 amide bonds. The van der Waals surface area contributed by atoms with Crippen LogP contribution in [0.1, 0.15) is 11.6 Å². The third-order valence-electron chi connectivity index (χ3n) is 2.82. The first-order valence-corrected chi connectivity index (χ1v) is 6.74. The number of carbonyl (C=O) groups is 1. The molecule has 0 spiro atoms. The molecule has 1 aliphatic rings. The average molecular weight is 315 g/mol. The molecule has 2 N–H and O–H groups in total. The molecule has 1 heterocycles. The molecule has 0 saturated heterocycles. The van der Waals surface area contributed by atoms with Crippen LogP contribution in [0.25, 0.3) is 0 Å². The Morgan fingerprint density at radius 2 is 2.00 bits per heavy atom. The summed E-state index contributed by atoms with van der Waals surface area (Å²) in [5.74, 6) is 0.123. The molecule has 1 atom stereocenters. The highest BCUT2D eigenvalue weighted by Gasteiger charge is 2.34. The van der Waals surface area contributed by atoms with Crippen molar-refractivity contribution in [2.45, 2.75) is 16.4 Å². The van der Waals surface area contributed by atoms with Crippen LogP contribution >= 0.6 is 11.8 Å². The van der Waals surface area contributed by atoms with Crippen LogP contribution in [0.3, 0.4) is 0 Å². The van der Waals surface area contributed by atoms with Crippen molar-refractivity contribution in [2.24, 2.45) is 10.7 Å². The van der Waals surface area contributed by atoms with Crippen LogP contribution in [-0.4, -0.2) is 28.8 Å². The van der Waals surface area contributed by atoms with E-state index in [-0.39, 0.29) is 29.0 Å². The van der Waals surface area contributed by atoms with Crippen molar-refractivity contribution in [3.8, 4) is 0 Å². The van der Waals surface area contributed by atoms with Gasteiger partial charge < -0.3 is 10.6 Å². The van der Waals surface area contributed by atoms with Crippen molar-refractivity contribution in [1.29, 1.82) is 0 Å². The molecule has 21 heavy (non-hydrogen) atoms. The second-order valence-corrected chi connectivity index (χ2v) is 5.42. The van der Waals surface area contributed by atoms with E-state index in [0.29, 0.717) is 5.56 Å². The maximum atomic E-state index is 12.3. The van der Waals surface area contributed by atoms with E-state index >= 15 is 0 Å². The molecule has 0 fully saturated rings. The number of nitrogens with zero attached hydrogens (tertiary/aromatic N) is 2. The molecule has 0 aromatic heterocycles. The Labute approximate surface area is 123 Å². The van der Waals surface area contributed by atoms with E-state index in [2.05, 4.69) is 11.6 Å². The second kappa shape index (κ2) is 5.80. The Balaban J connectivity index is 2.23. The van der Waals surface area contributed by atoms with Gasteiger partial charge in [-0.15, -0.1) is 6.58 Å². The van der Waals surface area contributed by atoms with Gasteiger partial charge >= 0.3 is 11.5 Å². The number of amidine groups is 1. The standard InChI is InChI=1S/C13H12F3N3OS/c1-2-7-19-10(11(17)18-12(19)20)8-3-5-9(6-4-8)21-13(14,15)16/h2-6,10H,1,7H2,(H2,17,18,20). The molecule has 0 saturated carbocycles. The molecular formula is C13H12F3N3OS. The molecule has 112 valence electrons. The van der Waals surface area contributed by atoms with Gasteiger partial charge in [-0.3, -0.25) is 0 Å². The SMILES string of the molecule is C=CCN1C(=O)N=C(N)C1c1ccc(SC(F)(F)F)cc1. The zero-order chi connectivity index (χ0) is 15.6. The van der Waals surface area contributed by atoms with Gasteiger partial charge in [0.25, 0.3) is 0 Å². The van der Waals surface area contributed by atoms with E-state index in [1.165, 1.54) is 35.2 Å². The minimum absolute atomic E-state index is 0.0707. The molecule has 0 bridgehead atoms. The van der Waals surface area contributed by atoms with Crippen LogP contribution in [0, 0.1) is 0 Å². The van der Waals surface area contributed by atoms with E-state index in [9.17, 15) is 18.0 Å². The number of hydrogen-bond donors (Lipinski definition) is 1. The molecule has 1 aromatic rings. The summed E-state index contributed by atoms with van der Waals surface area (Å²) in [6, 6.07) is 4.66. The van der Waals surface area contributed by atoms with Gasteiger partial charge in [-0.25, -0.2) is 4.79 Å². The summed E-state index contributed by atoms with van der Waals surface area (Å²) in [4.78, 5) is 16.8. The number of nitrogens with two attached hydrogens (primary N) is 1. The normalized spacial score (nSPS) is 18.8. The molecule has 0 aliphatic carbocycles. The van der Waals surface area contributed by atoms with Crippen molar-refractivity contribution in [3.05, 3.63) is 42.5 Å². The third-order valence-corrected chi connectivity index (χ3v) is 3.56. The van der Waals surface area contributed by atoms with Gasteiger partial charge in [-0.1, -0.05) is 18.2 Å². The maximum absolute atomic E-state index is 12.3. The number of amides is 2. The van der Waals surface area contributed by atoms with Gasteiger partial charge in [-0.2, -0.15) is 18.2 Å². The molecule has 1 aromatic carbocycles. The number of urea groups is 1. The second-order valence-electron chi connectivity index (χ2n) is 4.28. The molecule has 8 heteroatoms. The van der Waals surface area contributed by atoms with Gasteiger partial charge in [0, 0.05) is 11.4 Å². The highest BCUT2D eigenvalue weighted by atomic mass is 32.2. The maximum Gasteiger partial charge on any atom is 0.446 e. The first-order valence-electron chi connectivity index (χ1n) is 5.93. The van der Waals surface area contributed by atoms with E-state index in [1.54, 1.807) is 0 Å². The molecular weight excluding hydrogens is 303 g/mol. The zero-order valence-electron chi connectivity index (χ0n) is 10.8. The van der Waals surface area contributed by atoms with Crippen LogP contribution in [0.15, 0.2) is 46.8 Å². The van der Waals surface area contributed by atoms with Crippen molar-refractivity contribution in [3.63, 3.8) is 0 Å². The monoisotopic (exact) mass is 315 g/mol. The number of rotatable bonds is 4. The highest BCUT2D eigenvalue weighted by Crippen LogP contribution is 2.37. The van der Waals surface area contributed by atoms with E-state index in [4.69, 9.17) is 5.73 Å². The number of halogens is 3. The van der Waals surface area contributed by atoms with Crippen molar-refractivity contribution < 1.29 is 18.0 Å². The van der Waals surface area contributed by atoms with E-state index in [1.807, 2.05) is 0 Å². The lowest BCUT2D eigenvalue weighted by Gasteiger charge is -2.23. The molecule has 1 aliphatic heterocycles. The summed E-state index contributed by atoms with van der Waals surface area (Å²) in [6.45, 7) is 3.81. The minimum Gasteiger partial charge on any atom is -0.385 e. The van der Waals surface area contributed by atoms with Crippen molar-refractivity contribution in [1.82, 2.24) is 4.90 Å². The zero-order valence-corrected chi connectivity index (χ0v) is 11.6. The average Bonchev–Trinajstić information content (AvgIpc) is 2.64. The summed E-state index contributed by atoms with van der Waals surface area (Å²) in [7, 11) is 0. The lowest BCUT2D eigenvalue weighted by molar-refractivity contribution is -0.0328. The lowest BCUT2D eigenvalue weighted by atomic mass is 10.1. The highest BCUT2D eigenvalue weighted by molar-refractivity contribution is 8.00. The van der Waals surface area contributed by atoms with Crippen molar-refractivity contribution >= 4 is 23.6 Å². The minimum atomic E-state index is -4.33. The summed E-state index contributed by atoms with van der Waals surface area (Å²) in [5.41, 5.74) is 2.00. The Kier molecular flexibility index (Phi) is 4.26. The largest absolute Gasteiger partial charge is 0.446 e. The van der Waals surface area contributed by atoms with E-state index in [0.717, 1.165) is 0 Å². The first kappa shape index (κ1) is 15.4. The van der Waals surface area contributed by atoms with Crippen LogP contribution in [-0.2, 0) is 0 Å². The molecule has 4 nitrogen and oxygen atoms in total. The Morgan fingerprint density at radius 3 is 2.52 bits per heavy atom. The van der Waals surface area contributed by atoms with Crippen LogP contribution in [0.4, 0.5) is 18.0 Å². The Bertz CT molecular complexity index is 583. The Morgan fingerprint density at radius 1 is 1.38 bits per heavy atom. The van der Waals surface area contributed by atoms with Gasteiger partial charge in [-0.05, 0) is 29.5 Å². The van der Waals surface area contributed by atoms with Crippen LogP contribution < -0.4 is 5.73 Å².